The Morgan fingerprint density at radius 3 is 2.56 bits per heavy atom. The third-order valence-electron chi connectivity index (χ3n) is 2.10. The monoisotopic (exact) mass is 290 g/mol. The van der Waals surface area contributed by atoms with Crippen LogP contribution in [-0.4, -0.2) is 46.6 Å². The maximum Gasteiger partial charge on any atom is 0.458 e. The highest BCUT2D eigenvalue weighted by atomic mass is 35.6. The van der Waals surface area contributed by atoms with Crippen LogP contribution in [0.2, 0.25) is 0 Å². The van der Waals surface area contributed by atoms with Crippen LogP contribution >= 0.6 is 34.8 Å². The molecule has 0 bridgehead atoms. The van der Waals surface area contributed by atoms with Crippen LogP contribution in [0, 0.1) is 0 Å². The van der Waals surface area contributed by atoms with Crippen LogP contribution in [0.15, 0.2) is 0 Å². The molecule has 0 aliphatic carbocycles. The lowest BCUT2D eigenvalue weighted by Gasteiger charge is -2.26. The van der Waals surface area contributed by atoms with E-state index in [9.17, 15) is 9.59 Å². The summed E-state index contributed by atoms with van der Waals surface area (Å²) in [5, 5.41) is 2.52. The lowest BCUT2D eigenvalue weighted by Crippen LogP contribution is -2.55. The van der Waals surface area contributed by atoms with E-state index in [0.717, 1.165) is 0 Å². The second kappa shape index (κ2) is 4.93. The fourth-order valence-corrected chi connectivity index (χ4v) is 1.46. The number of nitrogens with zero attached hydrogens (tertiary/aromatic N) is 1. The molecule has 0 aromatic heterocycles. The summed E-state index contributed by atoms with van der Waals surface area (Å²) >= 11 is 16.1. The van der Waals surface area contributed by atoms with Crippen molar-refractivity contribution >= 4 is 46.8 Å². The fraction of sp³-hybridized carbons (Fsp3) is 0.714. The van der Waals surface area contributed by atoms with Gasteiger partial charge in [-0.15, -0.1) is 0 Å². The van der Waals surface area contributed by atoms with E-state index < -0.39 is 20.4 Å². The van der Waals surface area contributed by atoms with Gasteiger partial charge in [0, 0.05) is 6.54 Å². The number of nitrogens with one attached hydrogen (secondary N) is 1. The molecular formula is C7H11Cl3N3O3+. The first kappa shape index (κ1) is 13.8. The number of carbonyl (C=O) groups is 2. The Hall–Kier alpha value is -0.270. The van der Waals surface area contributed by atoms with E-state index >= 15 is 0 Å². The number of hydrogen-bond donors (Lipinski definition) is 2. The van der Waals surface area contributed by atoms with Crippen LogP contribution < -0.4 is 11.1 Å². The van der Waals surface area contributed by atoms with Crippen molar-refractivity contribution in [2.45, 2.75) is 3.79 Å². The van der Waals surface area contributed by atoms with Gasteiger partial charge in [0.2, 0.25) is 0 Å². The number of halogens is 3. The van der Waals surface area contributed by atoms with Crippen molar-refractivity contribution in [3.8, 4) is 0 Å². The van der Waals surface area contributed by atoms with Gasteiger partial charge in [0.15, 0.2) is 0 Å². The number of alkyl halides is 3. The van der Waals surface area contributed by atoms with E-state index in [0.29, 0.717) is 6.54 Å². The molecule has 0 saturated carbocycles. The summed E-state index contributed by atoms with van der Waals surface area (Å²) in [4.78, 5) is 27.9. The Labute approximate surface area is 107 Å². The average Bonchev–Trinajstić information content (AvgIpc) is 2.47. The summed E-state index contributed by atoms with van der Waals surface area (Å²) in [6.45, 7) is 0.952. The summed E-state index contributed by atoms with van der Waals surface area (Å²) in [6, 6.07) is -0.465. The predicted octanol–water partition coefficient (Wildman–Crippen LogP) is 0.313. The van der Waals surface area contributed by atoms with E-state index in [4.69, 9.17) is 45.4 Å². The van der Waals surface area contributed by atoms with Crippen molar-refractivity contribution in [1.29, 1.82) is 0 Å². The van der Waals surface area contributed by atoms with Gasteiger partial charge in [0.05, 0.1) is 6.54 Å². The molecule has 9 heteroatoms. The zero-order valence-electron chi connectivity index (χ0n) is 8.21. The third-order valence-corrected chi connectivity index (χ3v) is 2.56. The van der Waals surface area contributed by atoms with Crippen LogP contribution in [0.25, 0.3) is 0 Å². The van der Waals surface area contributed by atoms with Crippen LogP contribution in [0.4, 0.5) is 4.79 Å². The second-order valence-corrected chi connectivity index (χ2v) is 5.51. The van der Waals surface area contributed by atoms with Gasteiger partial charge in [-0.1, -0.05) is 39.4 Å². The number of hydroxylamine groups is 3. The summed E-state index contributed by atoms with van der Waals surface area (Å²) in [6.07, 6.45) is 0. The average molecular weight is 292 g/mol. The lowest BCUT2D eigenvalue weighted by molar-refractivity contribution is -1.02. The summed E-state index contributed by atoms with van der Waals surface area (Å²) in [5.74, 6) is -1.09. The van der Waals surface area contributed by atoms with Crippen molar-refractivity contribution in [3.05, 3.63) is 0 Å². The predicted molar refractivity (Wildman–Crippen MR) is 58.8 cm³/mol. The number of rotatable bonds is 3. The summed E-state index contributed by atoms with van der Waals surface area (Å²) in [7, 11) is 0. The Morgan fingerprint density at radius 2 is 2.19 bits per heavy atom. The van der Waals surface area contributed by atoms with Crippen LogP contribution in [0.1, 0.15) is 0 Å². The smallest absolute Gasteiger partial charge is 0.325 e. The molecule has 0 radical (unpaired) electrons. The highest BCUT2D eigenvalue weighted by Gasteiger charge is 2.50. The molecule has 1 rings (SSSR count). The molecule has 6 nitrogen and oxygen atoms in total. The standard InChI is InChI=1S/C7H10Cl3N3O3/c8-7(9,10)5(14)16-13(3-1-11)4-2-12-6(13)15/h1-4,11H2/p+1. The molecule has 1 atom stereocenters. The van der Waals surface area contributed by atoms with Gasteiger partial charge >= 0.3 is 12.0 Å². The highest BCUT2D eigenvalue weighted by Crippen LogP contribution is 2.29. The topological polar surface area (TPSA) is 81.4 Å². The molecule has 1 saturated heterocycles. The van der Waals surface area contributed by atoms with E-state index in [1.165, 1.54) is 0 Å². The van der Waals surface area contributed by atoms with Crippen molar-refractivity contribution in [1.82, 2.24) is 5.32 Å². The van der Waals surface area contributed by atoms with E-state index in [1.807, 2.05) is 0 Å². The first-order valence-electron chi connectivity index (χ1n) is 4.48. The Morgan fingerprint density at radius 1 is 1.56 bits per heavy atom. The maximum absolute atomic E-state index is 11.5. The summed E-state index contributed by atoms with van der Waals surface area (Å²) < 4.78 is -2.79. The van der Waals surface area contributed by atoms with Crippen molar-refractivity contribution in [3.63, 3.8) is 0 Å². The van der Waals surface area contributed by atoms with Gasteiger partial charge < -0.3 is 5.73 Å². The Balaban J connectivity index is 2.80. The minimum Gasteiger partial charge on any atom is -0.325 e. The van der Waals surface area contributed by atoms with Crippen molar-refractivity contribution < 1.29 is 19.1 Å². The molecule has 0 spiro atoms. The minimum absolute atomic E-state index is 0.137. The Bertz CT molecular complexity index is 307. The van der Waals surface area contributed by atoms with Gasteiger partial charge in [0.1, 0.15) is 13.1 Å². The molecule has 0 aromatic rings. The maximum atomic E-state index is 11.5. The second-order valence-electron chi connectivity index (χ2n) is 3.23. The number of quaternary nitrogens is 1. The molecule has 92 valence electrons. The van der Waals surface area contributed by atoms with Gasteiger partial charge in [-0.2, -0.15) is 0 Å². The number of hydrogen-bond acceptors (Lipinski definition) is 4. The number of carbonyl (C=O) groups excluding carboxylic acids is 2. The van der Waals surface area contributed by atoms with E-state index in [-0.39, 0.29) is 19.6 Å². The van der Waals surface area contributed by atoms with Gasteiger partial charge in [-0.3, -0.25) is 10.2 Å². The third kappa shape index (κ3) is 2.89. The fourth-order valence-electron chi connectivity index (χ4n) is 1.35. The van der Waals surface area contributed by atoms with Crippen LogP contribution in [-0.2, 0) is 9.63 Å². The number of amides is 2. The van der Waals surface area contributed by atoms with Crippen molar-refractivity contribution in [2.75, 3.05) is 26.2 Å². The molecule has 2 amide bonds. The normalized spacial score (nSPS) is 25.4. The largest absolute Gasteiger partial charge is 0.458 e. The quantitative estimate of drug-likeness (QED) is 0.579. The molecule has 1 aliphatic heterocycles. The molecule has 1 fully saturated rings. The molecule has 16 heavy (non-hydrogen) atoms. The Kier molecular flexibility index (Phi) is 4.25. The first-order chi connectivity index (χ1) is 7.32. The SMILES string of the molecule is NCC[N+]1(OC(=O)C(Cl)(Cl)Cl)CCNC1=O. The molecule has 0 aromatic carbocycles. The molecular weight excluding hydrogens is 280 g/mol. The molecule has 1 heterocycles. The van der Waals surface area contributed by atoms with Crippen molar-refractivity contribution in [2.24, 2.45) is 5.73 Å². The molecule has 1 aliphatic rings. The van der Waals surface area contributed by atoms with Crippen LogP contribution in [0.5, 0.6) is 0 Å². The van der Waals surface area contributed by atoms with Gasteiger partial charge in [-0.25, -0.2) is 9.59 Å². The molecule has 1 unspecified atom stereocenters. The van der Waals surface area contributed by atoms with Crippen LogP contribution in [0.3, 0.4) is 0 Å². The minimum atomic E-state index is -2.21. The van der Waals surface area contributed by atoms with E-state index in [2.05, 4.69) is 5.32 Å². The zero-order valence-corrected chi connectivity index (χ0v) is 10.5. The van der Waals surface area contributed by atoms with Gasteiger partial charge in [0.25, 0.3) is 3.79 Å². The zero-order chi connectivity index (χ0) is 12.4. The summed E-state index contributed by atoms with van der Waals surface area (Å²) in [5.41, 5.74) is 5.35. The highest BCUT2D eigenvalue weighted by molar-refractivity contribution is 6.75. The first-order valence-corrected chi connectivity index (χ1v) is 5.61. The number of nitrogens with two attached hydrogens (primary N) is 1. The molecule has 3 N–H and O–H groups in total. The van der Waals surface area contributed by atoms with Gasteiger partial charge in [-0.05, 0) is 0 Å². The number of urea groups is 1. The van der Waals surface area contributed by atoms with E-state index in [1.54, 1.807) is 0 Å². The lowest BCUT2D eigenvalue weighted by atomic mass is 10.5.